The Morgan fingerprint density at radius 3 is 0.883 bits per heavy atom. The van der Waals surface area contributed by atoms with Crippen LogP contribution in [-0.4, -0.2) is 21.7 Å². The zero-order valence-corrected chi connectivity index (χ0v) is 45.8. The van der Waals surface area contributed by atoms with Gasteiger partial charge in [0.25, 0.3) is 6.71 Å². The van der Waals surface area contributed by atoms with Crippen LogP contribution in [0.2, 0.25) is 0 Å². The molecule has 0 bridgehead atoms. The number of halogens is 2. The zero-order chi connectivity index (χ0) is 51.4. The quantitative estimate of drug-likeness (QED) is 0.106. The van der Waals surface area contributed by atoms with Crippen molar-refractivity contribution in [3.63, 3.8) is 0 Å². The molecule has 8 heteroatoms. The highest BCUT2D eigenvalue weighted by atomic mass is 127. The van der Waals surface area contributed by atoms with Crippen molar-refractivity contribution >= 4 is 102 Å². The Bertz CT molecular complexity index is 3810. The summed E-state index contributed by atoms with van der Waals surface area (Å²) in [5.74, 6) is 1.80. The molecule has 11 aromatic carbocycles. The van der Waals surface area contributed by atoms with Gasteiger partial charge in [-0.2, -0.15) is 0 Å². The molecule has 2 aliphatic rings. The van der Waals surface area contributed by atoms with Gasteiger partial charge in [0.2, 0.25) is 0 Å². The maximum absolute atomic E-state index is 5.42. The van der Waals surface area contributed by atoms with Crippen LogP contribution >= 0.6 is 45.2 Å². The minimum absolute atomic E-state index is 0.120. The van der Waals surface area contributed by atoms with Crippen LogP contribution in [0.25, 0.3) is 78.7 Å². The van der Waals surface area contributed by atoms with E-state index in [4.69, 9.17) is 15.0 Å². The number of fused-ring (bicyclic) bond motifs is 4. The number of nitrogens with zero attached hydrogens (tertiary/aromatic N) is 5. The first-order valence-electron chi connectivity index (χ1n) is 25.7. The van der Waals surface area contributed by atoms with Gasteiger partial charge in [0.1, 0.15) is 0 Å². The van der Waals surface area contributed by atoms with Crippen LogP contribution in [-0.2, 0) is 0 Å². The maximum atomic E-state index is 5.42. The SMILES string of the molecule is Ic1ccc2c(c1)B1c3cc(I)ccc3N(c3cc(-c4ccccc4)cc(-c4ccccc4)c3)c3cc(-c4nc(-c5ccccc5)nc(-c5ccccc5)n4)cc(c31)N2c1cc(-c2ccccc2)cc(-c2ccccc2)c1. The average molecular weight is 1210 g/mol. The Kier molecular flexibility index (Phi) is 12.2. The highest BCUT2D eigenvalue weighted by Crippen LogP contribution is 2.49. The molecule has 77 heavy (non-hydrogen) atoms. The summed E-state index contributed by atoms with van der Waals surface area (Å²) in [6.07, 6.45) is 0. The number of rotatable bonds is 9. The van der Waals surface area contributed by atoms with Gasteiger partial charge in [0.15, 0.2) is 17.5 Å². The molecular weight excluding hydrogens is 1160 g/mol. The van der Waals surface area contributed by atoms with Crippen molar-refractivity contribution in [1.29, 1.82) is 0 Å². The van der Waals surface area contributed by atoms with Crippen LogP contribution in [0.4, 0.5) is 34.1 Å². The molecule has 0 spiro atoms. The summed E-state index contributed by atoms with van der Waals surface area (Å²) in [4.78, 5) is 21.0. The fourth-order valence-corrected chi connectivity index (χ4v) is 12.3. The second-order valence-corrected chi connectivity index (χ2v) is 22.0. The number of hydrogen-bond donors (Lipinski definition) is 0. The molecule has 0 fully saturated rings. The van der Waals surface area contributed by atoms with Crippen LogP contribution < -0.4 is 26.2 Å². The van der Waals surface area contributed by atoms with Gasteiger partial charge in [-0.05, 0) is 179 Å². The molecule has 362 valence electrons. The topological polar surface area (TPSA) is 45.2 Å². The first kappa shape index (κ1) is 47.0. The number of anilines is 6. The Morgan fingerprint density at radius 2 is 0.558 bits per heavy atom. The van der Waals surface area contributed by atoms with Gasteiger partial charge >= 0.3 is 0 Å². The average Bonchev–Trinajstić information content (AvgIpc) is 3.61. The van der Waals surface area contributed by atoms with E-state index in [1.165, 1.54) is 23.5 Å². The Morgan fingerprint density at radius 1 is 0.260 bits per heavy atom. The minimum Gasteiger partial charge on any atom is -0.311 e. The molecule has 2 aliphatic heterocycles. The lowest BCUT2D eigenvalue weighted by atomic mass is 9.33. The number of benzene rings is 11. The molecule has 5 nitrogen and oxygen atoms in total. The standard InChI is InChI=1S/C69H44BI2N5/c71-56-31-33-62-60(43-56)70-61-44-57(72)32-34-63(61)77(59-39-53(47-23-11-3-12-24-47)36-54(40-59)48-25-13-4-14-26-48)65-42-55(69-74-67(49-27-15-5-16-28-49)73-68(75-69)50-29-17-6-18-30-50)41-64(66(65)70)76(62)58-37-51(45-19-7-1-8-20-45)35-52(38-58)46-21-9-2-10-22-46/h1-44H. The van der Waals surface area contributed by atoms with Gasteiger partial charge in [-0.1, -0.05) is 194 Å². The second-order valence-electron chi connectivity index (χ2n) is 19.5. The number of hydrogen-bond acceptors (Lipinski definition) is 5. The summed E-state index contributed by atoms with van der Waals surface area (Å²) in [6, 6.07) is 96.2. The second kappa shape index (κ2) is 19.9. The van der Waals surface area contributed by atoms with E-state index in [1.807, 2.05) is 36.4 Å². The van der Waals surface area contributed by atoms with E-state index in [-0.39, 0.29) is 6.71 Å². The lowest BCUT2D eigenvalue weighted by Crippen LogP contribution is -2.61. The summed E-state index contributed by atoms with van der Waals surface area (Å²) in [5, 5.41) is 0. The van der Waals surface area contributed by atoms with Crippen LogP contribution in [0, 0.1) is 7.14 Å². The summed E-state index contributed by atoms with van der Waals surface area (Å²) in [5.41, 5.74) is 22.0. The van der Waals surface area contributed by atoms with E-state index in [1.54, 1.807) is 0 Å². The van der Waals surface area contributed by atoms with Crippen molar-refractivity contribution in [2.45, 2.75) is 0 Å². The first-order valence-corrected chi connectivity index (χ1v) is 27.9. The van der Waals surface area contributed by atoms with E-state index in [2.05, 4.69) is 286 Å². The largest absolute Gasteiger partial charge is 0.311 e. The van der Waals surface area contributed by atoms with E-state index in [0.717, 1.165) is 95.3 Å². The molecule has 14 rings (SSSR count). The third-order valence-electron chi connectivity index (χ3n) is 14.7. The lowest BCUT2D eigenvalue weighted by molar-refractivity contribution is 1.07. The summed E-state index contributed by atoms with van der Waals surface area (Å²) in [6.45, 7) is -0.120. The molecular formula is C69H44BI2N5. The van der Waals surface area contributed by atoms with Crippen LogP contribution in [0.3, 0.4) is 0 Å². The highest BCUT2D eigenvalue weighted by Gasteiger charge is 2.44. The summed E-state index contributed by atoms with van der Waals surface area (Å²) >= 11 is 5.00. The van der Waals surface area contributed by atoms with Crippen molar-refractivity contribution in [3.8, 4) is 78.7 Å². The van der Waals surface area contributed by atoms with Crippen LogP contribution in [0.15, 0.2) is 267 Å². The third-order valence-corrected chi connectivity index (χ3v) is 16.1. The monoisotopic (exact) mass is 1210 g/mol. The molecule has 0 unspecified atom stereocenters. The predicted molar refractivity (Wildman–Crippen MR) is 337 cm³/mol. The van der Waals surface area contributed by atoms with Gasteiger partial charge in [-0.25, -0.2) is 15.0 Å². The maximum Gasteiger partial charge on any atom is 0.252 e. The fourth-order valence-electron chi connectivity index (χ4n) is 11.2. The molecule has 0 N–H and O–H groups in total. The summed E-state index contributed by atoms with van der Waals surface area (Å²) in [7, 11) is 0. The van der Waals surface area contributed by atoms with E-state index in [9.17, 15) is 0 Å². The van der Waals surface area contributed by atoms with Crippen molar-refractivity contribution in [3.05, 3.63) is 274 Å². The van der Waals surface area contributed by atoms with Crippen LogP contribution in [0.5, 0.6) is 0 Å². The molecule has 3 heterocycles. The minimum atomic E-state index is -0.120. The van der Waals surface area contributed by atoms with Gasteiger partial charge in [0.05, 0.1) is 0 Å². The van der Waals surface area contributed by atoms with E-state index < -0.39 is 0 Å². The molecule has 12 aromatic rings. The highest BCUT2D eigenvalue weighted by molar-refractivity contribution is 14.1. The lowest BCUT2D eigenvalue weighted by Gasteiger charge is -2.44. The Hall–Kier alpha value is -8.45. The fraction of sp³-hybridized carbons (Fsp3) is 0. The van der Waals surface area contributed by atoms with Crippen molar-refractivity contribution < 1.29 is 0 Å². The van der Waals surface area contributed by atoms with Crippen molar-refractivity contribution in [2.24, 2.45) is 0 Å². The smallest absolute Gasteiger partial charge is 0.252 e. The molecule has 0 atom stereocenters. The Balaban J connectivity index is 1.11. The molecule has 0 saturated heterocycles. The van der Waals surface area contributed by atoms with Crippen LogP contribution in [0.1, 0.15) is 0 Å². The molecule has 1 aromatic heterocycles. The molecule has 0 saturated carbocycles. The van der Waals surface area contributed by atoms with Gasteiger partial charge < -0.3 is 9.80 Å². The number of aromatic nitrogens is 3. The molecule has 0 radical (unpaired) electrons. The van der Waals surface area contributed by atoms with E-state index >= 15 is 0 Å². The van der Waals surface area contributed by atoms with Crippen molar-refractivity contribution in [1.82, 2.24) is 15.0 Å². The zero-order valence-electron chi connectivity index (χ0n) is 41.5. The van der Waals surface area contributed by atoms with Gasteiger partial charge in [0, 0.05) is 58.0 Å². The third kappa shape index (κ3) is 8.81. The molecule has 0 amide bonds. The molecule has 0 aliphatic carbocycles. The first-order chi connectivity index (χ1) is 38.0. The van der Waals surface area contributed by atoms with Gasteiger partial charge in [-0.3, -0.25) is 0 Å². The normalized spacial score (nSPS) is 12.2. The van der Waals surface area contributed by atoms with E-state index in [0.29, 0.717) is 17.5 Å². The predicted octanol–water partition coefficient (Wildman–Crippen LogP) is 16.8. The summed E-state index contributed by atoms with van der Waals surface area (Å²) < 4.78 is 2.35. The van der Waals surface area contributed by atoms with Gasteiger partial charge in [-0.15, -0.1) is 0 Å². The Labute approximate surface area is 476 Å². The van der Waals surface area contributed by atoms with Crippen molar-refractivity contribution in [2.75, 3.05) is 9.80 Å².